The molecule has 1 aromatic carbocycles. The number of rotatable bonds is 6. The second-order valence-electron chi connectivity index (χ2n) is 3.30. The van der Waals surface area contributed by atoms with E-state index in [1.54, 1.807) is 31.4 Å². The first-order valence-corrected chi connectivity index (χ1v) is 5.70. The van der Waals surface area contributed by atoms with Crippen molar-refractivity contribution in [3.8, 4) is 11.5 Å². The number of carbonyl (C=O) groups is 1. The molecular weight excluding hydrogens is 228 g/mol. The molecule has 0 saturated carbocycles. The van der Waals surface area contributed by atoms with Gasteiger partial charge in [0.2, 0.25) is 0 Å². The quantitative estimate of drug-likeness (QED) is 0.333. The average Bonchev–Trinajstić information content (AvgIpc) is 2.30. The minimum absolute atomic E-state index is 0.227. The summed E-state index contributed by atoms with van der Waals surface area (Å²) in [6.07, 6.45) is 2.00. The van der Waals surface area contributed by atoms with Gasteiger partial charge in [0.25, 0.3) is 0 Å². The van der Waals surface area contributed by atoms with Gasteiger partial charge in [0.15, 0.2) is 0 Å². The van der Waals surface area contributed by atoms with E-state index in [1.807, 2.05) is 0 Å². The number of methoxy groups -OCH3 is 1. The maximum atomic E-state index is 11.3. The summed E-state index contributed by atoms with van der Waals surface area (Å²) in [5, 5.41) is 0. The van der Waals surface area contributed by atoms with Gasteiger partial charge in [-0.2, -0.15) is 0 Å². The third kappa shape index (κ3) is 4.53. The van der Waals surface area contributed by atoms with Crippen molar-refractivity contribution in [3.05, 3.63) is 24.3 Å². The molecule has 0 spiro atoms. The molecule has 4 heteroatoms. The van der Waals surface area contributed by atoms with Crippen molar-refractivity contribution in [3.63, 3.8) is 0 Å². The first-order chi connectivity index (χ1) is 7.76. The first kappa shape index (κ1) is 12.8. The van der Waals surface area contributed by atoms with Crippen LogP contribution in [0.25, 0.3) is 0 Å². The van der Waals surface area contributed by atoms with Crippen LogP contribution in [0, 0.1) is 0 Å². The summed E-state index contributed by atoms with van der Waals surface area (Å²) >= 11 is 5.51. The van der Waals surface area contributed by atoms with Gasteiger partial charge in [0.05, 0.1) is 7.11 Å². The molecule has 0 N–H and O–H groups in total. The van der Waals surface area contributed by atoms with E-state index in [1.165, 1.54) is 0 Å². The Morgan fingerprint density at radius 2 is 1.81 bits per heavy atom. The van der Waals surface area contributed by atoms with Crippen LogP contribution in [0.1, 0.15) is 19.3 Å². The summed E-state index contributed by atoms with van der Waals surface area (Å²) in [5.74, 6) is 1.63. The van der Waals surface area contributed by atoms with Crippen LogP contribution >= 0.6 is 11.6 Å². The van der Waals surface area contributed by atoms with Crippen LogP contribution in [-0.2, 0) is 4.79 Å². The van der Waals surface area contributed by atoms with E-state index >= 15 is 0 Å². The minimum atomic E-state index is -0.227. The summed E-state index contributed by atoms with van der Waals surface area (Å²) in [7, 11) is 1.59. The molecule has 3 nitrogen and oxygen atoms in total. The maximum absolute atomic E-state index is 11.3. The zero-order chi connectivity index (χ0) is 11.8. The van der Waals surface area contributed by atoms with Gasteiger partial charge in [-0.25, -0.2) is 0 Å². The van der Waals surface area contributed by atoms with E-state index in [9.17, 15) is 4.79 Å². The molecular formula is C12H15ClO3. The first-order valence-electron chi connectivity index (χ1n) is 5.17. The van der Waals surface area contributed by atoms with Gasteiger partial charge in [0, 0.05) is 12.3 Å². The maximum Gasteiger partial charge on any atom is 0.311 e. The van der Waals surface area contributed by atoms with Gasteiger partial charge in [-0.05, 0) is 37.1 Å². The molecule has 0 unspecified atom stereocenters. The van der Waals surface area contributed by atoms with Crippen molar-refractivity contribution < 1.29 is 14.3 Å². The van der Waals surface area contributed by atoms with Crippen LogP contribution in [-0.4, -0.2) is 19.0 Å². The summed E-state index contributed by atoms with van der Waals surface area (Å²) < 4.78 is 10.1. The van der Waals surface area contributed by atoms with Crippen LogP contribution in [0.15, 0.2) is 24.3 Å². The van der Waals surface area contributed by atoms with Crippen molar-refractivity contribution in [2.45, 2.75) is 19.3 Å². The highest BCUT2D eigenvalue weighted by Crippen LogP contribution is 2.17. The molecule has 0 aliphatic rings. The number of unbranched alkanes of at least 4 members (excludes halogenated alkanes) is 1. The molecule has 0 atom stereocenters. The third-order valence-corrected chi connectivity index (χ3v) is 2.32. The van der Waals surface area contributed by atoms with E-state index in [0.717, 1.165) is 18.6 Å². The van der Waals surface area contributed by atoms with E-state index in [2.05, 4.69) is 0 Å². The predicted octanol–water partition coefficient (Wildman–Crippen LogP) is 3.01. The number of hydrogen-bond donors (Lipinski definition) is 0. The summed E-state index contributed by atoms with van der Waals surface area (Å²) in [6.45, 7) is 0. The summed E-state index contributed by atoms with van der Waals surface area (Å²) in [6, 6.07) is 6.92. The fraction of sp³-hybridized carbons (Fsp3) is 0.417. The van der Waals surface area contributed by atoms with Crippen LogP contribution in [0.5, 0.6) is 11.5 Å². The molecule has 0 heterocycles. The SMILES string of the molecule is COc1ccc(OC(=O)CCCCCl)cc1. The zero-order valence-corrected chi connectivity index (χ0v) is 10.00. The number of carbonyl (C=O) groups excluding carboxylic acids is 1. The van der Waals surface area contributed by atoms with Gasteiger partial charge >= 0.3 is 5.97 Å². The molecule has 0 fully saturated rings. The minimum Gasteiger partial charge on any atom is -0.497 e. The molecule has 0 saturated heterocycles. The Balaban J connectivity index is 2.37. The van der Waals surface area contributed by atoms with E-state index in [-0.39, 0.29) is 5.97 Å². The van der Waals surface area contributed by atoms with Gasteiger partial charge in [-0.1, -0.05) is 0 Å². The van der Waals surface area contributed by atoms with Crippen LogP contribution in [0.3, 0.4) is 0 Å². The molecule has 0 radical (unpaired) electrons. The normalized spacial score (nSPS) is 9.88. The number of benzene rings is 1. The monoisotopic (exact) mass is 242 g/mol. The molecule has 88 valence electrons. The lowest BCUT2D eigenvalue weighted by molar-refractivity contribution is -0.134. The van der Waals surface area contributed by atoms with Crippen molar-refractivity contribution in [2.24, 2.45) is 0 Å². The fourth-order valence-corrected chi connectivity index (χ4v) is 1.38. The second kappa shape index (κ2) is 7.12. The van der Waals surface area contributed by atoms with Gasteiger partial charge in [-0.3, -0.25) is 4.79 Å². The Bertz CT molecular complexity index is 322. The smallest absolute Gasteiger partial charge is 0.311 e. The molecule has 1 aromatic rings. The molecule has 1 rings (SSSR count). The van der Waals surface area contributed by atoms with Crippen molar-refractivity contribution in [1.82, 2.24) is 0 Å². The molecule has 0 aliphatic heterocycles. The van der Waals surface area contributed by atoms with Crippen molar-refractivity contribution in [1.29, 1.82) is 0 Å². The van der Waals surface area contributed by atoms with Crippen LogP contribution in [0.4, 0.5) is 0 Å². The topological polar surface area (TPSA) is 35.5 Å². The lowest BCUT2D eigenvalue weighted by Crippen LogP contribution is -2.07. The van der Waals surface area contributed by atoms with Crippen molar-refractivity contribution >= 4 is 17.6 Å². The number of alkyl halides is 1. The molecule has 0 aromatic heterocycles. The van der Waals surface area contributed by atoms with Crippen molar-refractivity contribution in [2.75, 3.05) is 13.0 Å². The lowest BCUT2D eigenvalue weighted by atomic mass is 10.2. The van der Waals surface area contributed by atoms with Crippen LogP contribution in [0.2, 0.25) is 0 Å². The Hall–Kier alpha value is -1.22. The van der Waals surface area contributed by atoms with Crippen LogP contribution < -0.4 is 9.47 Å². The second-order valence-corrected chi connectivity index (χ2v) is 3.67. The summed E-state index contributed by atoms with van der Waals surface area (Å²) in [5.41, 5.74) is 0. The highest BCUT2D eigenvalue weighted by Gasteiger charge is 2.04. The molecule has 0 amide bonds. The molecule has 0 aliphatic carbocycles. The van der Waals surface area contributed by atoms with Gasteiger partial charge in [0.1, 0.15) is 11.5 Å². The predicted molar refractivity (Wildman–Crippen MR) is 63.2 cm³/mol. The van der Waals surface area contributed by atoms with E-state index < -0.39 is 0 Å². The fourth-order valence-electron chi connectivity index (χ4n) is 1.19. The third-order valence-electron chi connectivity index (χ3n) is 2.06. The number of ether oxygens (including phenoxy) is 2. The Morgan fingerprint density at radius 1 is 1.19 bits per heavy atom. The largest absolute Gasteiger partial charge is 0.497 e. The standard InChI is InChI=1S/C12H15ClO3/c1-15-10-5-7-11(8-6-10)16-12(14)4-2-3-9-13/h5-8H,2-4,9H2,1H3. The zero-order valence-electron chi connectivity index (χ0n) is 9.24. The highest BCUT2D eigenvalue weighted by atomic mass is 35.5. The highest BCUT2D eigenvalue weighted by molar-refractivity contribution is 6.17. The van der Waals surface area contributed by atoms with Gasteiger partial charge < -0.3 is 9.47 Å². The number of halogens is 1. The molecule has 16 heavy (non-hydrogen) atoms. The van der Waals surface area contributed by atoms with E-state index in [0.29, 0.717) is 18.1 Å². The Morgan fingerprint density at radius 3 is 2.38 bits per heavy atom. The van der Waals surface area contributed by atoms with Gasteiger partial charge in [-0.15, -0.1) is 11.6 Å². The number of hydrogen-bond acceptors (Lipinski definition) is 3. The summed E-state index contributed by atoms with van der Waals surface area (Å²) in [4.78, 5) is 11.3. The lowest BCUT2D eigenvalue weighted by Gasteiger charge is -2.04. The average molecular weight is 243 g/mol. The number of esters is 1. The Labute approximate surface area is 100 Å². The van der Waals surface area contributed by atoms with E-state index in [4.69, 9.17) is 21.1 Å². The molecule has 0 bridgehead atoms. The Kier molecular flexibility index (Phi) is 5.72.